The minimum atomic E-state index is 0.325. The maximum Gasteiger partial charge on any atom is 0.119 e. The van der Waals surface area contributed by atoms with Crippen LogP contribution in [0.5, 0.6) is 5.75 Å². The van der Waals surface area contributed by atoms with Gasteiger partial charge in [-0.3, -0.25) is 0 Å². The molecule has 1 unspecified atom stereocenters. The second-order valence-corrected chi connectivity index (χ2v) is 5.08. The fourth-order valence-electron chi connectivity index (χ4n) is 1.92. The molecule has 0 saturated carbocycles. The lowest BCUT2D eigenvalue weighted by Gasteiger charge is -2.04. The van der Waals surface area contributed by atoms with E-state index in [2.05, 4.69) is 31.2 Å². The Labute approximate surface area is 116 Å². The summed E-state index contributed by atoms with van der Waals surface area (Å²) in [6.45, 7) is 3.76. The third-order valence-corrected chi connectivity index (χ3v) is 3.26. The second kappa shape index (κ2) is 8.00. The van der Waals surface area contributed by atoms with E-state index in [9.17, 15) is 0 Å². The predicted octanol–water partition coefficient (Wildman–Crippen LogP) is 4.14. The summed E-state index contributed by atoms with van der Waals surface area (Å²) in [6, 6.07) is 8.37. The van der Waals surface area contributed by atoms with Crippen molar-refractivity contribution in [3.05, 3.63) is 42.0 Å². The van der Waals surface area contributed by atoms with Gasteiger partial charge in [-0.05, 0) is 37.0 Å². The van der Waals surface area contributed by atoms with Crippen LogP contribution in [0.2, 0.25) is 0 Å². The van der Waals surface area contributed by atoms with Gasteiger partial charge in [-0.25, -0.2) is 0 Å². The van der Waals surface area contributed by atoms with Crippen LogP contribution in [-0.4, -0.2) is 19.3 Å². The van der Waals surface area contributed by atoms with Crippen LogP contribution in [0, 0.1) is 0 Å². The molecule has 2 heteroatoms. The summed E-state index contributed by atoms with van der Waals surface area (Å²) in [7, 11) is 0. The lowest BCUT2D eigenvalue weighted by Crippen LogP contribution is -2.03. The lowest BCUT2D eigenvalue weighted by molar-refractivity contribution is 0.263. The molecule has 1 aliphatic heterocycles. The molecular weight excluding hydrogens is 236 g/mol. The summed E-state index contributed by atoms with van der Waals surface area (Å²) in [4.78, 5) is 0. The number of unbranched alkanes of at least 4 members (excludes halogenated alkanes) is 3. The van der Waals surface area contributed by atoms with Gasteiger partial charge >= 0.3 is 0 Å². The third kappa shape index (κ3) is 5.93. The first-order valence-corrected chi connectivity index (χ1v) is 7.37. The highest BCUT2D eigenvalue weighted by molar-refractivity contribution is 5.28. The van der Waals surface area contributed by atoms with Crippen molar-refractivity contribution in [2.45, 2.75) is 45.1 Å². The van der Waals surface area contributed by atoms with Crippen molar-refractivity contribution in [2.24, 2.45) is 0 Å². The van der Waals surface area contributed by atoms with Crippen LogP contribution >= 0.6 is 0 Å². The fourth-order valence-corrected chi connectivity index (χ4v) is 1.92. The van der Waals surface area contributed by atoms with E-state index in [0.717, 1.165) is 18.8 Å². The van der Waals surface area contributed by atoms with Gasteiger partial charge in [0.05, 0.1) is 6.61 Å². The molecule has 104 valence electrons. The van der Waals surface area contributed by atoms with Gasteiger partial charge in [0.25, 0.3) is 0 Å². The Morgan fingerprint density at radius 3 is 2.68 bits per heavy atom. The maximum atomic E-state index is 5.61. The van der Waals surface area contributed by atoms with Crippen molar-refractivity contribution in [1.29, 1.82) is 0 Å². The Balaban J connectivity index is 1.65. The molecule has 0 amide bonds. The zero-order valence-electron chi connectivity index (χ0n) is 11.8. The largest absolute Gasteiger partial charge is 0.491 e. The Bertz CT molecular complexity index is 377. The van der Waals surface area contributed by atoms with Crippen LogP contribution < -0.4 is 4.74 Å². The average Bonchev–Trinajstić information content (AvgIpc) is 3.26. The first-order valence-electron chi connectivity index (χ1n) is 7.37. The number of ether oxygens (including phenoxy) is 2. The molecule has 1 fully saturated rings. The quantitative estimate of drug-likeness (QED) is 0.378. The zero-order chi connectivity index (χ0) is 13.3. The van der Waals surface area contributed by atoms with Gasteiger partial charge in [-0.1, -0.05) is 44.1 Å². The van der Waals surface area contributed by atoms with Gasteiger partial charge in [-0.15, -0.1) is 0 Å². The van der Waals surface area contributed by atoms with Crippen LogP contribution in [0.15, 0.2) is 36.4 Å². The summed E-state index contributed by atoms with van der Waals surface area (Å²) in [5.74, 6) is 0.936. The molecule has 0 bridgehead atoms. The number of rotatable bonds is 9. The minimum Gasteiger partial charge on any atom is -0.491 e. The standard InChI is InChI=1S/C17H24O2/c1-2-3-4-5-6-7-8-15-9-11-16(12-10-15)18-13-17-14-19-17/h6-7,9-12,17H,2-5,8,13-14H2,1H3/b7-6+. The Kier molecular flexibility index (Phi) is 5.96. The van der Waals surface area contributed by atoms with Crippen molar-refractivity contribution in [3.63, 3.8) is 0 Å². The normalized spacial score (nSPS) is 17.8. The first-order chi connectivity index (χ1) is 9.38. The second-order valence-electron chi connectivity index (χ2n) is 5.08. The van der Waals surface area contributed by atoms with Gasteiger partial charge in [0.2, 0.25) is 0 Å². The topological polar surface area (TPSA) is 21.8 Å². The monoisotopic (exact) mass is 260 g/mol. The van der Waals surface area contributed by atoms with Crippen LogP contribution in [0.25, 0.3) is 0 Å². The van der Waals surface area contributed by atoms with Crippen molar-refractivity contribution in [2.75, 3.05) is 13.2 Å². The molecule has 0 spiro atoms. The third-order valence-electron chi connectivity index (χ3n) is 3.26. The van der Waals surface area contributed by atoms with E-state index in [1.165, 1.54) is 31.2 Å². The van der Waals surface area contributed by atoms with Crippen molar-refractivity contribution in [1.82, 2.24) is 0 Å². The summed E-state index contributed by atoms with van der Waals surface area (Å²) in [5, 5.41) is 0. The number of epoxide rings is 1. The zero-order valence-corrected chi connectivity index (χ0v) is 11.8. The van der Waals surface area contributed by atoms with Crippen molar-refractivity contribution >= 4 is 0 Å². The van der Waals surface area contributed by atoms with Crippen LogP contribution in [0.3, 0.4) is 0 Å². The predicted molar refractivity (Wildman–Crippen MR) is 78.7 cm³/mol. The van der Waals surface area contributed by atoms with Crippen LogP contribution in [0.4, 0.5) is 0 Å². The number of hydrogen-bond acceptors (Lipinski definition) is 2. The average molecular weight is 260 g/mol. The van der Waals surface area contributed by atoms with Gasteiger partial charge in [0.15, 0.2) is 0 Å². The molecule has 0 radical (unpaired) electrons. The molecule has 1 aromatic carbocycles. The smallest absolute Gasteiger partial charge is 0.119 e. The molecule has 0 aromatic heterocycles. The van der Waals surface area contributed by atoms with Crippen LogP contribution in [0.1, 0.15) is 38.2 Å². The van der Waals surface area contributed by atoms with E-state index < -0.39 is 0 Å². The lowest BCUT2D eigenvalue weighted by atomic mass is 10.1. The fraction of sp³-hybridized carbons (Fsp3) is 0.529. The molecule has 1 atom stereocenters. The molecule has 1 aliphatic rings. The summed E-state index contributed by atoms with van der Waals surface area (Å²) in [6.07, 6.45) is 11.0. The SMILES string of the molecule is CCCCC/C=C/Cc1ccc(OCC2CO2)cc1. The highest BCUT2D eigenvalue weighted by Crippen LogP contribution is 2.16. The summed E-state index contributed by atoms with van der Waals surface area (Å²) in [5.41, 5.74) is 1.33. The number of benzene rings is 1. The number of allylic oxidation sites excluding steroid dienone is 2. The molecule has 1 heterocycles. The molecule has 0 aliphatic carbocycles. The Morgan fingerprint density at radius 1 is 1.21 bits per heavy atom. The van der Waals surface area contributed by atoms with E-state index in [-0.39, 0.29) is 0 Å². The van der Waals surface area contributed by atoms with Gasteiger partial charge < -0.3 is 9.47 Å². The van der Waals surface area contributed by atoms with E-state index >= 15 is 0 Å². The maximum absolute atomic E-state index is 5.61. The van der Waals surface area contributed by atoms with Crippen molar-refractivity contribution in [3.8, 4) is 5.75 Å². The highest BCUT2D eigenvalue weighted by Gasteiger charge is 2.22. The molecule has 2 nitrogen and oxygen atoms in total. The molecule has 0 N–H and O–H groups in total. The minimum absolute atomic E-state index is 0.325. The highest BCUT2D eigenvalue weighted by atomic mass is 16.6. The van der Waals surface area contributed by atoms with E-state index in [4.69, 9.17) is 9.47 Å². The molecule has 1 aromatic rings. The summed E-state index contributed by atoms with van der Waals surface area (Å²) >= 11 is 0. The first kappa shape index (κ1) is 14.1. The van der Waals surface area contributed by atoms with E-state index in [1.807, 2.05) is 12.1 Å². The Hall–Kier alpha value is -1.28. The van der Waals surface area contributed by atoms with E-state index in [1.54, 1.807) is 0 Å². The molecule has 2 rings (SSSR count). The Morgan fingerprint density at radius 2 is 2.00 bits per heavy atom. The molecule has 1 saturated heterocycles. The molecular formula is C17H24O2. The van der Waals surface area contributed by atoms with Gasteiger partial charge in [0, 0.05) is 0 Å². The van der Waals surface area contributed by atoms with Gasteiger partial charge in [-0.2, -0.15) is 0 Å². The van der Waals surface area contributed by atoms with E-state index in [0.29, 0.717) is 12.7 Å². The number of hydrogen-bond donors (Lipinski definition) is 0. The molecule has 19 heavy (non-hydrogen) atoms. The van der Waals surface area contributed by atoms with Crippen LogP contribution in [-0.2, 0) is 11.2 Å². The van der Waals surface area contributed by atoms with Crippen molar-refractivity contribution < 1.29 is 9.47 Å². The summed E-state index contributed by atoms with van der Waals surface area (Å²) < 4.78 is 10.7. The van der Waals surface area contributed by atoms with Gasteiger partial charge in [0.1, 0.15) is 18.5 Å².